The Balaban J connectivity index is 1.59. The molecule has 0 radical (unpaired) electrons. The van der Waals surface area contributed by atoms with Gasteiger partial charge in [-0.15, -0.1) is 0 Å². The maximum absolute atomic E-state index is 12.9. The molecule has 0 spiro atoms. The van der Waals surface area contributed by atoms with Gasteiger partial charge in [0.15, 0.2) is 11.0 Å². The van der Waals surface area contributed by atoms with E-state index in [1.54, 1.807) is 19.9 Å². The number of ether oxygens (including phenoxy) is 3. The predicted octanol–water partition coefficient (Wildman–Crippen LogP) is 4.03. The lowest BCUT2D eigenvalue weighted by Crippen LogP contribution is -2.50. The summed E-state index contributed by atoms with van der Waals surface area (Å²) in [4.78, 5) is 25.3. The number of phenols is 1. The van der Waals surface area contributed by atoms with Crippen LogP contribution in [0.2, 0.25) is 0 Å². The van der Waals surface area contributed by atoms with Crippen molar-refractivity contribution in [1.82, 2.24) is 0 Å². The van der Waals surface area contributed by atoms with Gasteiger partial charge in [0.05, 0.1) is 6.10 Å². The van der Waals surface area contributed by atoms with E-state index >= 15 is 0 Å². The minimum atomic E-state index is -0.949. The second-order valence-corrected chi connectivity index (χ2v) is 9.78. The van der Waals surface area contributed by atoms with Crippen molar-refractivity contribution in [1.29, 1.82) is 0 Å². The van der Waals surface area contributed by atoms with Crippen molar-refractivity contribution in [2.24, 2.45) is 5.92 Å². The molecule has 31 heavy (non-hydrogen) atoms. The van der Waals surface area contributed by atoms with Gasteiger partial charge in [-0.05, 0) is 46.5 Å². The van der Waals surface area contributed by atoms with E-state index in [0.29, 0.717) is 23.0 Å². The number of epoxide rings is 1. The van der Waals surface area contributed by atoms with E-state index in [9.17, 15) is 14.7 Å². The number of aryl methyl sites for hydroxylation is 1. The molecule has 0 bridgehead atoms. The number of esters is 1. The van der Waals surface area contributed by atoms with Gasteiger partial charge in [-0.25, -0.2) is 4.79 Å². The Kier molecular flexibility index (Phi) is 5.08. The maximum Gasteiger partial charge on any atom is 0.341 e. The summed E-state index contributed by atoms with van der Waals surface area (Å²) in [5.41, 5.74) is -1.43. The maximum atomic E-state index is 12.9. The Labute approximate surface area is 181 Å². The first-order valence-corrected chi connectivity index (χ1v) is 10.8. The Bertz CT molecular complexity index is 1100. The third kappa shape index (κ3) is 3.80. The first-order valence-electron chi connectivity index (χ1n) is 10.8. The molecule has 168 valence electrons. The van der Waals surface area contributed by atoms with Gasteiger partial charge in [0.1, 0.15) is 39.9 Å². The molecule has 2 aliphatic rings. The fourth-order valence-corrected chi connectivity index (χ4v) is 4.20. The molecule has 4 rings (SSSR count). The molecule has 1 aromatic carbocycles. The zero-order valence-corrected chi connectivity index (χ0v) is 18.9. The minimum Gasteiger partial charge on any atom is -0.507 e. The molecule has 0 aliphatic carbocycles. The smallest absolute Gasteiger partial charge is 0.341 e. The van der Waals surface area contributed by atoms with Crippen molar-refractivity contribution in [3.63, 3.8) is 0 Å². The monoisotopic (exact) mass is 430 g/mol. The molecule has 0 amide bonds. The minimum absolute atomic E-state index is 0.101. The first kappa shape index (κ1) is 21.7. The Hall–Kier alpha value is -2.54. The fourth-order valence-electron chi connectivity index (χ4n) is 4.20. The summed E-state index contributed by atoms with van der Waals surface area (Å²) in [5.74, 6) is 0.775. The van der Waals surface area contributed by atoms with Gasteiger partial charge in [-0.3, -0.25) is 4.79 Å². The lowest BCUT2D eigenvalue weighted by Gasteiger charge is -2.39. The van der Waals surface area contributed by atoms with Crippen molar-refractivity contribution in [2.75, 3.05) is 0 Å². The lowest BCUT2D eigenvalue weighted by molar-refractivity contribution is -0.167. The van der Waals surface area contributed by atoms with Crippen molar-refractivity contribution in [3.05, 3.63) is 33.7 Å². The highest BCUT2D eigenvalue weighted by molar-refractivity contribution is 5.87. The van der Waals surface area contributed by atoms with Gasteiger partial charge in [0.2, 0.25) is 0 Å². The van der Waals surface area contributed by atoms with Gasteiger partial charge >= 0.3 is 5.97 Å². The molecule has 1 N–H and O–H groups in total. The fraction of sp³-hybridized carbons (Fsp3) is 0.583. The van der Waals surface area contributed by atoms with Crippen LogP contribution in [0.15, 0.2) is 21.3 Å². The quantitative estimate of drug-likeness (QED) is 0.565. The van der Waals surface area contributed by atoms with Crippen LogP contribution in [0.3, 0.4) is 0 Å². The van der Waals surface area contributed by atoms with E-state index in [0.717, 1.165) is 12.8 Å². The normalized spacial score (nSPS) is 26.4. The third-order valence-electron chi connectivity index (χ3n) is 6.32. The van der Waals surface area contributed by atoms with Crippen molar-refractivity contribution in [3.8, 4) is 11.5 Å². The number of benzene rings is 1. The summed E-state index contributed by atoms with van der Waals surface area (Å²) in [5, 5.41) is 10.9. The number of hydrogen-bond acceptors (Lipinski definition) is 7. The predicted molar refractivity (Wildman–Crippen MR) is 115 cm³/mol. The standard InChI is InChI=1S/C24H30O7/c1-12(2)7-8-18-24(6,31-18)22(27)29-19-10-14-16(30-23(19,4)5)11-17-20(21(14)26)15(25)9-13(3)28-17/h9,11-12,18-19,26H,7-8,10H2,1-6H3/t18-,19-,24-/m1/s1. The number of rotatable bonds is 5. The summed E-state index contributed by atoms with van der Waals surface area (Å²) >= 11 is 0. The molecule has 2 aliphatic heterocycles. The summed E-state index contributed by atoms with van der Waals surface area (Å²) in [6.07, 6.45) is 1.20. The average Bonchev–Trinajstić information content (AvgIpc) is 3.32. The number of carbonyl (C=O) groups is 1. The van der Waals surface area contributed by atoms with Gasteiger partial charge in [-0.1, -0.05) is 13.8 Å². The Morgan fingerprint density at radius 3 is 2.68 bits per heavy atom. The van der Waals surface area contributed by atoms with Crippen molar-refractivity contribution in [2.45, 2.75) is 84.2 Å². The van der Waals surface area contributed by atoms with Crippen molar-refractivity contribution < 1.29 is 28.5 Å². The first-order chi connectivity index (χ1) is 14.4. The molecule has 0 unspecified atom stereocenters. The van der Waals surface area contributed by atoms with Gasteiger partial charge < -0.3 is 23.7 Å². The van der Waals surface area contributed by atoms with Crippen LogP contribution >= 0.6 is 0 Å². The highest BCUT2D eigenvalue weighted by atomic mass is 16.7. The van der Waals surface area contributed by atoms with Gasteiger partial charge in [-0.2, -0.15) is 0 Å². The van der Waals surface area contributed by atoms with Crippen LogP contribution in [0.4, 0.5) is 0 Å². The lowest BCUT2D eigenvalue weighted by atomic mass is 9.89. The highest BCUT2D eigenvalue weighted by Gasteiger charge is 2.60. The summed E-state index contributed by atoms with van der Waals surface area (Å²) in [6, 6.07) is 2.95. The molecular weight excluding hydrogens is 400 g/mol. The van der Waals surface area contributed by atoms with Crippen LogP contribution in [0, 0.1) is 12.8 Å². The van der Waals surface area contributed by atoms with Crippen LogP contribution in [0.25, 0.3) is 11.0 Å². The molecule has 1 aromatic heterocycles. The zero-order valence-electron chi connectivity index (χ0n) is 18.9. The van der Waals surface area contributed by atoms with Crippen LogP contribution < -0.4 is 10.2 Å². The van der Waals surface area contributed by atoms with Crippen LogP contribution in [0.1, 0.15) is 58.8 Å². The molecule has 3 atom stereocenters. The highest BCUT2D eigenvalue weighted by Crippen LogP contribution is 2.45. The van der Waals surface area contributed by atoms with Gasteiger partial charge in [0, 0.05) is 24.1 Å². The zero-order chi connectivity index (χ0) is 22.7. The van der Waals surface area contributed by atoms with E-state index in [-0.39, 0.29) is 34.7 Å². The largest absolute Gasteiger partial charge is 0.507 e. The van der Waals surface area contributed by atoms with Crippen molar-refractivity contribution >= 4 is 16.9 Å². The SMILES string of the molecule is Cc1cc(=O)c2c(O)c3c(cc2o1)OC(C)(C)[C@H](OC(=O)[C@]1(C)O[C@@H]1CCC(C)C)C3. The summed E-state index contributed by atoms with van der Waals surface area (Å²) in [7, 11) is 0. The number of phenolic OH excluding ortho intramolecular Hbond substituents is 1. The Morgan fingerprint density at radius 2 is 2.00 bits per heavy atom. The molecule has 7 heteroatoms. The number of hydrogen-bond donors (Lipinski definition) is 1. The topological polar surface area (TPSA) is 98.5 Å². The molecule has 7 nitrogen and oxygen atoms in total. The third-order valence-corrected chi connectivity index (χ3v) is 6.32. The van der Waals surface area contributed by atoms with E-state index in [1.807, 2.05) is 13.8 Å². The molecular formula is C24H30O7. The molecule has 1 saturated heterocycles. The molecule has 1 fully saturated rings. The van der Waals surface area contributed by atoms with E-state index in [2.05, 4.69) is 13.8 Å². The van der Waals surface area contributed by atoms with Crippen LogP contribution in [0.5, 0.6) is 11.5 Å². The number of aromatic hydroxyl groups is 1. The summed E-state index contributed by atoms with van der Waals surface area (Å²) < 4.78 is 23.2. The number of fused-ring (bicyclic) bond motifs is 2. The molecule has 3 heterocycles. The Morgan fingerprint density at radius 1 is 1.29 bits per heavy atom. The van der Waals surface area contributed by atoms with Crippen LogP contribution in [-0.2, 0) is 20.7 Å². The average molecular weight is 430 g/mol. The van der Waals surface area contributed by atoms with E-state index in [4.69, 9.17) is 18.6 Å². The second kappa shape index (κ2) is 7.26. The number of carbonyl (C=O) groups excluding carboxylic acids is 1. The van der Waals surface area contributed by atoms with Gasteiger partial charge in [0.25, 0.3) is 0 Å². The molecule has 0 saturated carbocycles. The van der Waals surface area contributed by atoms with Crippen LogP contribution in [-0.4, -0.2) is 34.5 Å². The molecule has 2 aromatic rings. The van der Waals surface area contributed by atoms with E-state index in [1.165, 1.54) is 6.07 Å². The van der Waals surface area contributed by atoms with E-state index < -0.39 is 23.3 Å². The second-order valence-electron chi connectivity index (χ2n) is 9.78. The summed E-state index contributed by atoms with van der Waals surface area (Å²) in [6.45, 7) is 11.3.